The van der Waals surface area contributed by atoms with Crippen LogP contribution in [0.5, 0.6) is 0 Å². The number of amides is 1. The number of nitrogens with zero attached hydrogens (tertiary/aromatic N) is 4. The number of piperazine rings is 1. The third kappa shape index (κ3) is 4.37. The molecule has 0 saturated carbocycles. The number of carbonyl (C=O) groups is 1. The number of aryl methyl sites for hydroxylation is 1. The van der Waals surface area contributed by atoms with Crippen LogP contribution >= 0.6 is 0 Å². The topological polar surface area (TPSA) is 67.4 Å². The summed E-state index contributed by atoms with van der Waals surface area (Å²) in [6, 6.07) is 7.56. The van der Waals surface area contributed by atoms with Gasteiger partial charge in [-0.25, -0.2) is 4.98 Å². The molecule has 6 nitrogen and oxygen atoms in total. The second-order valence-corrected chi connectivity index (χ2v) is 6.38. The van der Waals surface area contributed by atoms with Gasteiger partial charge in [-0.2, -0.15) is 8.78 Å². The Labute approximate surface area is 151 Å². The fourth-order valence-corrected chi connectivity index (χ4v) is 3.16. The molecule has 2 aromatic rings. The fourth-order valence-electron chi connectivity index (χ4n) is 3.16. The van der Waals surface area contributed by atoms with Gasteiger partial charge in [-0.3, -0.25) is 14.3 Å². The summed E-state index contributed by atoms with van der Waals surface area (Å²) in [6.45, 7) is 0.266. The zero-order valence-corrected chi connectivity index (χ0v) is 14.5. The number of hydrogen-bond donors (Lipinski definition) is 1. The lowest BCUT2D eigenvalue weighted by atomic mass is 10.1. The molecule has 140 valence electrons. The van der Waals surface area contributed by atoms with Crippen LogP contribution < -0.4 is 5.73 Å². The number of para-hydroxylation sites is 1. The van der Waals surface area contributed by atoms with Crippen molar-refractivity contribution in [3.05, 3.63) is 48.0 Å². The molecule has 26 heavy (non-hydrogen) atoms. The number of carbonyl (C=O) groups excluding carboxylic acids is 1. The number of anilines is 1. The van der Waals surface area contributed by atoms with Crippen molar-refractivity contribution < 1.29 is 13.6 Å². The minimum atomic E-state index is -2.58. The number of imidazole rings is 1. The third-order valence-electron chi connectivity index (χ3n) is 4.71. The van der Waals surface area contributed by atoms with E-state index in [1.165, 1.54) is 12.4 Å². The molecule has 1 aliphatic heterocycles. The molecule has 0 unspecified atom stereocenters. The van der Waals surface area contributed by atoms with Crippen LogP contribution in [0, 0.1) is 0 Å². The molecule has 2 N–H and O–H groups in total. The first-order valence-electron chi connectivity index (χ1n) is 8.68. The molecule has 0 bridgehead atoms. The number of alkyl halides is 2. The average molecular weight is 363 g/mol. The Morgan fingerprint density at radius 3 is 2.62 bits per heavy atom. The maximum atomic E-state index is 12.9. The van der Waals surface area contributed by atoms with Gasteiger partial charge in [0.1, 0.15) is 5.82 Å². The van der Waals surface area contributed by atoms with Crippen LogP contribution in [0.15, 0.2) is 36.7 Å². The summed E-state index contributed by atoms with van der Waals surface area (Å²) in [4.78, 5) is 20.3. The zero-order valence-electron chi connectivity index (χ0n) is 14.5. The molecule has 8 heteroatoms. The van der Waals surface area contributed by atoms with E-state index in [4.69, 9.17) is 5.73 Å². The average Bonchev–Trinajstić information content (AvgIpc) is 3.10. The fraction of sp³-hybridized carbons (Fsp3) is 0.444. The molecule has 0 spiro atoms. The van der Waals surface area contributed by atoms with E-state index in [0.717, 1.165) is 10.1 Å². The highest BCUT2D eigenvalue weighted by Crippen LogP contribution is 2.16. The highest BCUT2D eigenvalue weighted by Gasteiger charge is 2.22. The lowest BCUT2D eigenvalue weighted by Crippen LogP contribution is -2.48. The van der Waals surface area contributed by atoms with Crippen molar-refractivity contribution in [1.82, 2.24) is 19.4 Å². The summed E-state index contributed by atoms with van der Waals surface area (Å²) in [5, 5.41) is 0. The third-order valence-corrected chi connectivity index (χ3v) is 4.71. The van der Waals surface area contributed by atoms with E-state index in [1.54, 1.807) is 0 Å². The van der Waals surface area contributed by atoms with E-state index in [2.05, 4.69) is 4.98 Å². The number of benzene rings is 1. The second kappa shape index (κ2) is 8.27. The Hall–Kier alpha value is -2.48. The van der Waals surface area contributed by atoms with Crippen molar-refractivity contribution in [3.63, 3.8) is 0 Å². The number of nitrogen functional groups attached to an aromatic ring is 1. The van der Waals surface area contributed by atoms with Gasteiger partial charge < -0.3 is 10.6 Å². The summed E-state index contributed by atoms with van der Waals surface area (Å²) in [6.07, 6.45) is 3.72. The number of hydrogen-bond acceptors (Lipinski definition) is 4. The standard InChI is InChI=1S/C18H23F2N5O/c19-18(20)25-8-7-22-16(25)13-23-9-11-24(12-10-23)17(26)6-5-14-3-1-2-4-15(14)21/h1-4,7-8,18H,5-6,9-13,21H2. The van der Waals surface area contributed by atoms with Gasteiger partial charge in [-0.15, -0.1) is 0 Å². The molecule has 1 saturated heterocycles. The SMILES string of the molecule is Nc1ccccc1CCC(=O)N1CCN(Cc2nccn2C(F)F)CC1. The molecule has 1 aliphatic rings. The van der Waals surface area contributed by atoms with E-state index in [0.29, 0.717) is 57.1 Å². The highest BCUT2D eigenvalue weighted by atomic mass is 19.3. The molecule has 1 amide bonds. The summed E-state index contributed by atoms with van der Waals surface area (Å²) in [7, 11) is 0. The monoisotopic (exact) mass is 363 g/mol. The van der Waals surface area contributed by atoms with Gasteiger partial charge in [-0.05, 0) is 18.1 Å². The van der Waals surface area contributed by atoms with Gasteiger partial charge in [0, 0.05) is 50.7 Å². The van der Waals surface area contributed by atoms with Gasteiger partial charge in [0.05, 0.1) is 6.54 Å². The lowest BCUT2D eigenvalue weighted by Gasteiger charge is -2.34. The predicted molar refractivity (Wildman–Crippen MR) is 94.5 cm³/mol. The number of nitrogens with two attached hydrogens (primary N) is 1. The summed E-state index contributed by atoms with van der Waals surface area (Å²) >= 11 is 0. The van der Waals surface area contributed by atoms with Gasteiger partial charge >= 0.3 is 6.55 Å². The van der Waals surface area contributed by atoms with Crippen LogP contribution in [-0.2, 0) is 17.8 Å². The Morgan fingerprint density at radius 2 is 1.92 bits per heavy atom. The molecular weight excluding hydrogens is 340 g/mol. The van der Waals surface area contributed by atoms with Crippen molar-refractivity contribution in [3.8, 4) is 0 Å². The number of aromatic nitrogens is 2. The molecule has 0 radical (unpaired) electrons. The van der Waals surface area contributed by atoms with Crippen LogP contribution in [0.1, 0.15) is 24.4 Å². The van der Waals surface area contributed by atoms with Crippen LogP contribution in [-0.4, -0.2) is 51.4 Å². The van der Waals surface area contributed by atoms with Crippen molar-refractivity contribution in [1.29, 1.82) is 0 Å². The Balaban J connectivity index is 1.46. The van der Waals surface area contributed by atoms with Crippen molar-refractivity contribution in [2.75, 3.05) is 31.9 Å². The largest absolute Gasteiger partial charge is 0.399 e. The summed E-state index contributed by atoms with van der Waals surface area (Å²) in [5.74, 6) is 0.446. The molecule has 0 aliphatic carbocycles. The molecule has 1 aromatic carbocycles. The lowest BCUT2D eigenvalue weighted by molar-refractivity contribution is -0.133. The van der Waals surface area contributed by atoms with E-state index in [-0.39, 0.29) is 5.91 Å². The smallest absolute Gasteiger partial charge is 0.319 e. The maximum absolute atomic E-state index is 12.9. The van der Waals surface area contributed by atoms with Crippen LogP contribution in [0.2, 0.25) is 0 Å². The van der Waals surface area contributed by atoms with Crippen molar-refractivity contribution in [2.24, 2.45) is 0 Å². The minimum absolute atomic E-state index is 0.0991. The van der Waals surface area contributed by atoms with Crippen LogP contribution in [0.3, 0.4) is 0 Å². The zero-order chi connectivity index (χ0) is 18.5. The Bertz CT molecular complexity index is 741. The first kappa shape index (κ1) is 18.3. The quantitative estimate of drug-likeness (QED) is 0.799. The van der Waals surface area contributed by atoms with Gasteiger partial charge in [0.15, 0.2) is 0 Å². The van der Waals surface area contributed by atoms with E-state index in [9.17, 15) is 13.6 Å². The Kier molecular flexibility index (Phi) is 5.82. The van der Waals surface area contributed by atoms with E-state index in [1.807, 2.05) is 34.1 Å². The van der Waals surface area contributed by atoms with Crippen LogP contribution in [0.25, 0.3) is 0 Å². The minimum Gasteiger partial charge on any atom is -0.399 e. The molecule has 3 rings (SSSR count). The van der Waals surface area contributed by atoms with Crippen LogP contribution in [0.4, 0.5) is 14.5 Å². The molecule has 0 atom stereocenters. The first-order valence-corrected chi connectivity index (χ1v) is 8.68. The molecule has 1 fully saturated rings. The summed E-state index contributed by atoms with van der Waals surface area (Å²) in [5.41, 5.74) is 7.60. The van der Waals surface area contributed by atoms with Crippen molar-refractivity contribution in [2.45, 2.75) is 25.9 Å². The molecule has 1 aromatic heterocycles. The van der Waals surface area contributed by atoms with Gasteiger partial charge in [-0.1, -0.05) is 18.2 Å². The Morgan fingerprint density at radius 1 is 1.19 bits per heavy atom. The highest BCUT2D eigenvalue weighted by molar-refractivity contribution is 5.76. The van der Waals surface area contributed by atoms with E-state index >= 15 is 0 Å². The maximum Gasteiger partial charge on any atom is 0.319 e. The number of rotatable bonds is 6. The van der Waals surface area contributed by atoms with Gasteiger partial charge in [0.2, 0.25) is 5.91 Å². The predicted octanol–water partition coefficient (Wildman–Crippen LogP) is 2.14. The summed E-state index contributed by atoms with van der Waals surface area (Å²) < 4.78 is 26.6. The molecular formula is C18H23F2N5O. The molecule has 2 heterocycles. The first-order chi connectivity index (χ1) is 12.5. The van der Waals surface area contributed by atoms with Gasteiger partial charge in [0.25, 0.3) is 0 Å². The number of halogens is 2. The van der Waals surface area contributed by atoms with E-state index < -0.39 is 6.55 Å². The van der Waals surface area contributed by atoms with Crippen molar-refractivity contribution >= 4 is 11.6 Å². The normalized spacial score (nSPS) is 15.6. The second-order valence-electron chi connectivity index (χ2n) is 6.38.